The summed E-state index contributed by atoms with van der Waals surface area (Å²) in [6.07, 6.45) is 2.91. The maximum absolute atomic E-state index is 6.40. The van der Waals surface area contributed by atoms with Crippen molar-refractivity contribution < 1.29 is 9.47 Å². The molecule has 0 saturated carbocycles. The molecular weight excluding hydrogens is 262 g/mol. The van der Waals surface area contributed by atoms with Crippen LogP contribution in [0.4, 0.5) is 0 Å². The fourth-order valence-electron chi connectivity index (χ4n) is 2.94. The lowest BCUT2D eigenvalue weighted by Gasteiger charge is -2.25. The Balaban J connectivity index is 2.62. The number of halogens is 1. The van der Waals surface area contributed by atoms with Crippen molar-refractivity contribution >= 4 is 11.6 Å². The van der Waals surface area contributed by atoms with Gasteiger partial charge in [-0.1, -0.05) is 25.4 Å². The van der Waals surface area contributed by atoms with E-state index >= 15 is 0 Å². The van der Waals surface area contributed by atoms with Crippen molar-refractivity contribution in [3.8, 4) is 11.5 Å². The lowest BCUT2D eigenvalue weighted by Crippen LogP contribution is -2.19. The molecular formula is C15H22ClNO2. The Kier molecular flexibility index (Phi) is 3.98. The van der Waals surface area contributed by atoms with Gasteiger partial charge in [0.15, 0.2) is 11.5 Å². The van der Waals surface area contributed by atoms with Crippen LogP contribution in [0, 0.1) is 5.41 Å². The summed E-state index contributed by atoms with van der Waals surface area (Å²) in [6.45, 7) is 4.49. The van der Waals surface area contributed by atoms with Crippen LogP contribution < -0.4 is 15.2 Å². The Morgan fingerprint density at radius 2 is 2.00 bits per heavy atom. The average molecular weight is 284 g/mol. The highest BCUT2D eigenvalue weighted by Crippen LogP contribution is 2.47. The first kappa shape index (κ1) is 14.5. The highest BCUT2D eigenvalue weighted by molar-refractivity contribution is 6.31. The van der Waals surface area contributed by atoms with Crippen molar-refractivity contribution in [1.29, 1.82) is 0 Å². The van der Waals surface area contributed by atoms with Gasteiger partial charge in [0.05, 0.1) is 14.2 Å². The van der Waals surface area contributed by atoms with Gasteiger partial charge in [0.1, 0.15) is 0 Å². The Labute approximate surface area is 120 Å². The normalized spacial score (nSPS) is 21.5. The second kappa shape index (κ2) is 5.22. The minimum Gasteiger partial charge on any atom is -0.493 e. The monoisotopic (exact) mass is 283 g/mol. The van der Waals surface area contributed by atoms with Gasteiger partial charge in [0.25, 0.3) is 0 Å². The smallest absolute Gasteiger partial charge is 0.165 e. The summed E-state index contributed by atoms with van der Waals surface area (Å²) in [5, 5.41) is 0.723. The Morgan fingerprint density at radius 1 is 1.32 bits per heavy atom. The fraction of sp³-hybridized carbons (Fsp3) is 0.600. The van der Waals surface area contributed by atoms with Gasteiger partial charge in [-0.2, -0.15) is 0 Å². The molecule has 3 nitrogen and oxygen atoms in total. The zero-order valence-corrected chi connectivity index (χ0v) is 12.8. The SMILES string of the molecule is COc1cc(Cl)c2c(c1OC)C(N)CC(C)(C)CC2. The van der Waals surface area contributed by atoms with Gasteiger partial charge in [-0.3, -0.25) is 0 Å². The molecule has 1 aliphatic carbocycles. The average Bonchev–Trinajstić information content (AvgIpc) is 2.46. The molecule has 0 saturated heterocycles. The molecule has 1 aromatic rings. The second-order valence-electron chi connectivity index (χ2n) is 5.96. The molecule has 19 heavy (non-hydrogen) atoms. The van der Waals surface area contributed by atoms with Crippen LogP contribution >= 0.6 is 11.6 Å². The first-order chi connectivity index (χ1) is 8.89. The molecule has 0 radical (unpaired) electrons. The topological polar surface area (TPSA) is 44.5 Å². The lowest BCUT2D eigenvalue weighted by molar-refractivity contribution is 0.290. The maximum atomic E-state index is 6.40. The van der Waals surface area contributed by atoms with E-state index in [1.54, 1.807) is 14.2 Å². The molecule has 0 amide bonds. The van der Waals surface area contributed by atoms with Crippen LogP contribution in [0.15, 0.2) is 6.07 Å². The zero-order valence-electron chi connectivity index (χ0n) is 12.0. The number of hydrogen-bond donors (Lipinski definition) is 1. The number of hydrogen-bond acceptors (Lipinski definition) is 3. The van der Waals surface area contributed by atoms with Gasteiger partial charge in [-0.05, 0) is 30.2 Å². The molecule has 1 aromatic carbocycles. The summed E-state index contributed by atoms with van der Waals surface area (Å²) >= 11 is 6.39. The molecule has 0 bridgehead atoms. The summed E-state index contributed by atoms with van der Waals surface area (Å²) in [5.74, 6) is 1.38. The van der Waals surface area contributed by atoms with Crippen LogP contribution in [-0.4, -0.2) is 14.2 Å². The third kappa shape index (κ3) is 2.67. The van der Waals surface area contributed by atoms with E-state index in [4.69, 9.17) is 26.8 Å². The highest BCUT2D eigenvalue weighted by atomic mass is 35.5. The second-order valence-corrected chi connectivity index (χ2v) is 6.37. The summed E-state index contributed by atoms with van der Waals surface area (Å²) < 4.78 is 10.9. The molecule has 1 unspecified atom stereocenters. The number of fused-ring (bicyclic) bond motifs is 1. The number of ether oxygens (including phenoxy) is 2. The standard InChI is InChI=1S/C15H22ClNO2/c1-15(2)6-5-9-10(16)7-12(18-3)14(19-4)13(9)11(17)8-15/h7,11H,5-6,8,17H2,1-4H3. The predicted octanol–water partition coefficient (Wildman–Crippen LogP) is 3.72. The van der Waals surface area contributed by atoms with Crippen LogP contribution in [0.1, 0.15) is 43.9 Å². The molecule has 0 spiro atoms. The van der Waals surface area contributed by atoms with E-state index in [2.05, 4.69) is 13.8 Å². The van der Waals surface area contributed by atoms with E-state index in [9.17, 15) is 0 Å². The Morgan fingerprint density at radius 3 is 2.58 bits per heavy atom. The molecule has 106 valence electrons. The third-order valence-corrected chi connectivity index (χ3v) is 4.30. The maximum Gasteiger partial charge on any atom is 0.165 e. The fourth-order valence-corrected chi connectivity index (χ4v) is 3.23. The van der Waals surface area contributed by atoms with Gasteiger partial charge < -0.3 is 15.2 Å². The number of rotatable bonds is 2. The van der Waals surface area contributed by atoms with Crippen LogP contribution in [0.5, 0.6) is 11.5 Å². The largest absolute Gasteiger partial charge is 0.493 e. The quantitative estimate of drug-likeness (QED) is 0.842. The molecule has 0 heterocycles. The van der Waals surface area contributed by atoms with Crippen molar-refractivity contribution in [1.82, 2.24) is 0 Å². The molecule has 1 atom stereocenters. The van der Waals surface area contributed by atoms with Gasteiger partial charge in [-0.15, -0.1) is 0 Å². The highest BCUT2D eigenvalue weighted by Gasteiger charge is 2.32. The summed E-state index contributed by atoms with van der Waals surface area (Å²) in [7, 11) is 3.27. The molecule has 1 aliphatic rings. The minimum absolute atomic E-state index is 0.0740. The lowest BCUT2D eigenvalue weighted by atomic mass is 9.83. The first-order valence-corrected chi connectivity index (χ1v) is 6.96. The molecule has 0 aliphatic heterocycles. The Bertz CT molecular complexity index is 486. The molecule has 2 rings (SSSR count). The van der Waals surface area contributed by atoms with Crippen molar-refractivity contribution in [3.63, 3.8) is 0 Å². The van der Waals surface area contributed by atoms with E-state index in [0.29, 0.717) is 5.75 Å². The number of methoxy groups -OCH3 is 2. The van der Waals surface area contributed by atoms with Crippen molar-refractivity contribution in [2.45, 2.75) is 39.2 Å². The Hall–Kier alpha value is -0.930. The van der Waals surface area contributed by atoms with Crippen LogP contribution in [0.25, 0.3) is 0 Å². The number of nitrogens with two attached hydrogens (primary N) is 1. The predicted molar refractivity (Wildman–Crippen MR) is 78.2 cm³/mol. The van der Waals surface area contributed by atoms with E-state index in [0.717, 1.165) is 41.2 Å². The van der Waals surface area contributed by atoms with Gasteiger partial charge in [0, 0.05) is 22.7 Å². The van der Waals surface area contributed by atoms with Gasteiger partial charge in [-0.25, -0.2) is 0 Å². The van der Waals surface area contributed by atoms with Crippen molar-refractivity contribution in [2.75, 3.05) is 14.2 Å². The molecule has 0 fully saturated rings. The minimum atomic E-state index is -0.0740. The van der Waals surface area contributed by atoms with Gasteiger partial charge in [0.2, 0.25) is 0 Å². The summed E-state index contributed by atoms with van der Waals surface area (Å²) in [5.41, 5.74) is 8.73. The van der Waals surface area contributed by atoms with Crippen LogP contribution in [-0.2, 0) is 6.42 Å². The van der Waals surface area contributed by atoms with E-state index in [1.165, 1.54) is 0 Å². The van der Waals surface area contributed by atoms with Crippen molar-refractivity contribution in [2.24, 2.45) is 11.1 Å². The molecule has 4 heteroatoms. The molecule has 0 aromatic heterocycles. The summed E-state index contributed by atoms with van der Waals surface area (Å²) in [4.78, 5) is 0. The number of benzene rings is 1. The van der Waals surface area contributed by atoms with E-state index in [1.807, 2.05) is 6.07 Å². The van der Waals surface area contributed by atoms with Crippen molar-refractivity contribution in [3.05, 3.63) is 22.2 Å². The van der Waals surface area contributed by atoms with Crippen LogP contribution in [0.2, 0.25) is 5.02 Å². The third-order valence-electron chi connectivity index (χ3n) is 3.96. The van der Waals surface area contributed by atoms with Gasteiger partial charge >= 0.3 is 0 Å². The first-order valence-electron chi connectivity index (χ1n) is 6.58. The summed E-state index contributed by atoms with van der Waals surface area (Å²) in [6, 6.07) is 1.75. The van der Waals surface area contributed by atoms with Crippen LogP contribution in [0.3, 0.4) is 0 Å². The van der Waals surface area contributed by atoms with E-state index in [-0.39, 0.29) is 11.5 Å². The molecule has 2 N–H and O–H groups in total. The zero-order chi connectivity index (χ0) is 14.2. The van der Waals surface area contributed by atoms with E-state index < -0.39 is 0 Å².